The van der Waals surface area contributed by atoms with Crippen LogP contribution in [0.4, 0.5) is 11.5 Å². The van der Waals surface area contributed by atoms with E-state index in [-0.39, 0.29) is 23.3 Å². The van der Waals surface area contributed by atoms with E-state index in [0.717, 1.165) is 6.42 Å². The Balaban J connectivity index is 2.57. The second-order valence-corrected chi connectivity index (χ2v) is 9.01. The highest BCUT2D eigenvalue weighted by Crippen LogP contribution is 2.64. The van der Waals surface area contributed by atoms with Crippen molar-refractivity contribution in [3.63, 3.8) is 0 Å². The SMILES string of the molecule is CCCCN(C(=O)C1(C)CC1(Cl)Cl)c1c(N)n(CC(C)C)c(=O)[nH]c1=O. The van der Waals surface area contributed by atoms with E-state index in [2.05, 4.69) is 4.98 Å². The third-order valence-corrected chi connectivity index (χ3v) is 5.84. The van der Waals surface area contributed by atoms with E-state index < -0.39 is 21.0 Å². The van der Waals surface area contributed by atoms with Crippen molar-refractivity contribution in [2.24, 2.45) is 11.3 Å². The number of hydrogen-bond acceptors (Lipinski definition) is 4. The Morgan fingerprint density at radius 3 is 2.42 bits per heavy atom. The van der Waals surface area contributed by atoms with Crippen LogP contribution in [0, 0.1) is 11.3 Å². The average Bonchev–Trinajstić information content (AvgIpc) is 3.05. The monoisotopic (exact) mass is 404 g/mol. The molecule has 0 aromatic carbocycles. The molecule has 2 rings (SSSR count). The Morgan fingerprint density at radius 2 is 1.96 bits per heavy atom. The molecule has 1 unspecified atom stereocenters. The number of nitrogens with two attached hydrogens (primary N) is 1. The molecular formula is C17H26Cl2N4O3. The Bertz CT molecular complexity index is 815. The summed E-state index contributed by atoms with van der Waals surface area (Å²) in [6.45, 7) is 8.12. The highest BCUT2D eigenvalue weighted by atomic mass is 35.5. The largest absolute Gasteiger partial charge is 0.383 e. The van der Waals surface area contributed by atoms with Crippen molar-refractivity contribution in [1.82, 2.24) is 9.55 Å². The third-order valence-electron chi connectivity index (χ3n) is 4.74. The average molecular weight is 405 g/mol. The molecule has 146 valence electrons. The highest BCUT2D eigenvalue weighted by Gasteiger charge is 2.69. The molecule has 0 bridgehead atoms. The summed E-state index contributed by atoms with van der Waals surface area (Å²) < 4.78 is 0.125. The first-order chi connectivity index (χ1) is 12.0. The molecule has 1 aromatic rings. The zero-order chi connectivity index (χ0) is 19.9. The van der Waals surface area contributed by atoms with Gasteiger partial charge in [0.2, 0.25) is 5.91 Å². The number of unbranched alkanes of at least 4 members (excludes halogenated alkanes) is 1. The van der Waals surface area contributed by atoms with Crippen LogP contribution in [0.3, 0.4) is 0 Å². The molecule has 7 nitrogen and oxygen atoms in total. The number of aromatic amines is 1. The predicted octanol–water partition coefficient (Wildman–Crippen LogP) is 2.49. The molecule has 1 aromatic heterocycles. The lowest BCUT2D eigenvalue weighted by Crippen LogP contribution is -2.45. The molecular weight excluding hydrogens is 379 g/mol. The summed E-state index contributed by atoms with van der Waals surface area (Å²) in [4.78, 5) is 41.4. The van der Waals surface area contributed by atoms with Crippen molar-refractivity contribution >= 4 is 40.6 Å². The first-order valence-corrected chi connectivity index (χ1v) is 9.54. The van der Waals surface area contributed by atoms with Crippen LogP contribution in [0.25, 0.3) is 0 Å². The molecule has 0 saturated heterocycles. The summed E-state index contributed by atoms with van der Waals surface area (Å²) in [5.74, 6) is -0.244. The molecule has 1 aliphatic rings. The minimum atomic E-state index is -1.16. The number of H-pyrrole nitrogens is 1. The van der Waals surface area contributed by atoms with Crippen LogP contribution in [0.15, 0.2) is 9.59 Å². The molecule has 3 N–H and O–H groups in total. The highest BCUT2D eigenvalue weighted by molar-refractivity contribution is 6.53. The van der Waals surface area contributed by atoms with Gasteiger partial charge in [0, 0.05) is 13.1 Å². The number of amides is 1. The van der Waals surface area contributed by atoms with Crippen molar-refractivity contribution < 1.29 is 4.79 Å². The number of alkyl halides is 2. The zero-order valence-corrected chi connectivity index (χ0v) is 17.1. The Morgan fingerprint density at radius 1 is 1.38 bits per heavy atom. The maximum atomic E-state index is 13.1. The lowest BCUT2D eigenvalue weighted by atomic mass is 10.1. The number of hydrogen-bond donors (Lipinski definition) is 2. The number of halogens is 2. The number of carbonyl (C=O) groups is 1. The molecule has 1 saturated carbocycles. The zero-order valence-electron chi connectivity index (χ0n) is 15.6. The van der Waals surface area contributed by atoms with E-state index in [1.165, 1.54) is 9.47 Å². The van der Waals surface area contributed by atoms with Crippen molar-refractivity contribution in [3.8, 4) is 0 Å². The molecule has 0 radical (unpaired) electrons. The van der Waals surface area contributed by atoms with E-state index >= 15 is 0 Å². The summed E-state index contributed by atoms with van der Waals surface area (Å²) in [7, 11) is 0. The fourth-order valence-corrected chi connectivity index (χ4v) is 3.64. The van der Waals surface area contributed by atoms with Gasteiger partial charge in [0.25, 0.3) is 5.56 Å². The van der Waals surface area contributed by atoms with Gasteiger partial charge in [-0.3, -0.25) is 19.1 Å². The molecule has 0 spiro atoms. The van der Waals surface area contributed by atoms with Gasteiger partial charge in [-0.05, 0) is 25.7 Å². The fourth-order valence-electron chi connectivity index (χ4n) is 2.95. The van der Waals surface area contributed by atoms with Crippen LogP contribution < -0.4 is 21.9 Å². The van der Waals surface area contributed by atoms with Gasteiger partial charge in [-0.1, -0.05) is 27.2 Å². The van der Waals surface area contributed by atoms with Crippen molar-refractivity contribution in [2.45, 2.75) is 57.8 Å². The van der Waals surface area contributed by atoms with Crippen LogP contribution >= 0.6 is 23.2 Å². The topological polar surface area (TPSA) is 101 Å². The minimum Gasteiger partial charge on any atom is -0.383 e. The van der Waals surface area contributed by atoms with Gasteiger partial charge < -0.3 is 10.6 Å². The van der Waals surface area contributed by atoms with Gasteiger partial charge in [-0.15, -0.1) is 23.2 Å². The second-order valence-electron chi connectivity index (χ2n) is 7.52. The van der Waals surface area contributed by atoms with Crippen LogP contribution in [-0.2, 0) is 11.3 Å². The number of anilines is 2. The molecule has 1 aliphatic carbocycles. The molecule has 26 heavy (non-hydrogen) atoms. The van der Waals surface area contributed by atoms with E-state index in [9.17, 15) is 14.4 Å². The number of nitrogen functional groups attached to an aromatic ring is 1. The predicted molar refractivity (Wildman–Crippen MR) is 105 cm³/mol. The molecule has 1 fully saturated rings. The van der Waals surface area contributed by atoms with Gasteiger partial charge in [-0.25, -0.2) is 4.79 Å². The summed E-state index contributed by atoms with van der Waals surface area (Å²) >= 11 is 12.3. The van der Waals surface area contributed by atoms with E-state index in [4.69, 9.17) is 28.9 Å². The van der Waals surface area contributed by atoms with Gasteiger partial charge >= 0.3 is 5.69 Å². The summed E-state index contributed by atoms with van der Waals surface area (Å²) in [5, 5.41) is 0. The van der Waals surface area contributed by atoms with Gasteiger partial charge in [0.1, 0.15) is 10.2 Å². The third kappa shape index (κ3) is 3.64. The van der Waals surface area contributed by atoms with Gasteiger partial charge in [0.05, 0.1) is 5.41 Å². The van der Waals surface area contributed by atoms with Gasteiger partial charge in [0.15, 0.2) is 5.69 Å². The van der Waals surface area contributed by atoms with Crippen LogP contribution in [0.5, 0.6) is 0 Å². The minimum absolute atomic E-state index is 0.0130. The van der Waals surface area contributed by atoms with Gasteiger partial charge in [-0.2, -0.15) is 0 Å². The summed E-state index contributed by atoms with van der Waals surface area (Å²) in [5.41, 5.74) is 3.89. The normalized spacial score (nSPS) is 21.0. The standard InChI is InChI=1S/C17H26Cl2N4O3/c1-5-6-7-22(14(25)16(4)9-17(16,18)19)11-12(20)23(8-10(2)3)15(26)21-13(11)24/h10H,5-9,20H2,1-4H3,(H,21,24,26). The molecule has 1 atom stereocenters. The molecule has 1 heterocycles. The first kappa shape index (κ1) is 20.8. The quantitative estimate of drug-likeness (QED) is 0.681. The number of rotatable bonds is 7. The Labute approximate surface area is 162 Å². The van der Waals surface area contributed by atoms with E-state index in [0.29, 0.717) is 25.9 Å². The van der Waals surface area contributed by atoms with Crippen LogP contribution in [0.2, 0.25) is 0 Å². The van der Waals surface area contributed by atoms with Crippen LogP contribution in [0.1, 0.15) is 47.0 Å². The van der Waals surface area contributed by atoms with E-state index in [1.54, 1.807) is 6.92 Å². The maximum absolute atomic E-state index is 13.1. The number of aromatic nitrogens is 2. The Kier molecular flexibility index (Phi) is 5.83. The fraction of sp³-hybridized carbons (Fsp3) is 0.706. The lowest BCUT2D eigenvalue weighted by Gasteiger charge is -2.28. The molecule has 9 heteroatoms. The second kappa shape index (κ2) is 7.27. The van der Waals surface area contributed by atoms with Crippen molar-refractivity contribution in [3.05, 3.63) is 20.8 Å². The molecule has 0 aliphatic heterocycles. The van der Waals surface area contributed by atoms with Crippen LogP contribution in [-0.4, -0.2) is 26.3 Å². The summed E-state index contributed by atoms with van der Waals surface area (Å²) in [6, 6.07) is 0. The smallest absolute Gasteiger partial charge is 0.330 e. The summed E-state index contributed by atoms with van der Waals surface area (Å²) in [6.07, 6.45) is 1.78. The molecule has 1 amide bonds. The van der Waals surface area contributed by atoms with Crippen molar-refractivity contribution in [1.29, 1.82) is 0 Å². The van der Waals surface area contributed by atoms with E-state index in [1.807, 2.05) is 20.8 Å². The number of nitrogens with zero attached hydrogens (tertiary/aromatic N) is 2. The van der Waals surface area contributed by atoms with Crippen molar-refractivity contribution in [2.75, 3.05) is 17.2 Å². The Hall–Kier alpha value is -1.47. The number of nitrogens with one attached hydrogen (secondary N) is 1. The first-order valence-electron chi connectivity index (χ1n) is 8.78. The maximum Gasteiger partial charge on any atom is 0.330 e. The lowest BCUT2D eigenvalue weighted by molar-refractivity contribution is -0.123. The number of carbonyl (C=O) groups excluding carboxylic acids is 1.